The number of nitrogens with one attached hydrogen (secondary N) is 3. The van der Waals surface area contributed by atoms with Gasteiger partial charge >= 0.3 is 0 Å². The van der Waals surface area contributed by atoms with Gasteiger partial charge in [-0.05, 0) is 48.4 Å². The zero-order valence-corrected chi connectivity index (χ0v) is 24.1. The summed E-state index contributed by atoms with van der Waals surface area (Å²) in [7, 11) is 0. The van der Waals surface area contributed by atoms with Gasteiger partial charge in [0, 0.05) is 69.5 Å². The maximum absolute atomic E-state index is 12.4. The van der Waals surface area contributed by atoms with Gasteiger partial charge in [0.1, 0.15) is 5.82 Å². The fourth-order valence-corrected chi connectivity index (χ4v) is 4.41. The van der Waals surface area contributed by atoms with Crippen molar-refractivity contribution in [2.75, 3.05) is 56.4 Å². The fourth-order valence-electron chi connectivity index (χ4n) is 4.41. The van der Waals surface area contributed by atoms with Crippen LogP contribution in [0.25, 0.3) is 11.3 Å². The molecule has 0 radical (unpaired) electrons. The molecule has 1 amide bonds. The number of carbonyl (C=O) groups excluding carboxylic acids is 1. The third kappa shape index (κ3) is 8.73. The normalized spacial score (nSPS) is 18.7. The van der Waals surface area contributed by atoms with E-state index >= 15 is 0 Å². The number of nitrogens with zero attached hydrogens (tertiary/aromatic N) is 6. The van der Waals surface area contributed by atoms with Crippen molar-refractivity contribution in [1.82, 2.24) is 30.1 Å². The molecule has 0 unspecified atom stereocenters. The summed E-state index contributed by atoms with van der Waals surface area (Å²) in [6, 6.07) is 13.7. The SMILES string of the molecule is CC.CC.N#Cc1ccc2cc1CN1CCN(CC1)CC(=O)NCCCNc1ccc(cn1)-c1ccnc(n1)N2. The fraction of sp³-hybridized carbons (Fsp3) is 0.433. The van der Waals surface area contributed by atoms with Crippen LogP contribution in [-0.4, -0.2) is 76.5 Å². The number of amides is 1. The lowest BCUT2D eigenvalue weighted by Crippen LogP contribution is -2.49. The molecule has 0 aliphatic carbocycles. The molecule has 10 heteroatoms. The van der Waals surface area contributed by atoms with Crippen LogP contribution in [0.4, 0.5) is 17.5 Å². The molecule has 2 aromatic heterocycles. The van der Waals surface area contributed by atoms with E-state index < -0.39 is 0 Å². The van der Waals surface area contributed by atoms with Gasteiger partial charge in [-0.1, -0.05) is 27.7 Å². The van der Waals surface area contributed by atoms with E-state index in [0.29, 0.717) is 31.1 Å². The first-order chi connectivity index (χ1) is 19.7. The van der Waals surface area contributed by atoms with Crippen LogP contribution >= 0.6 is 0 Å². The van der Waals surface area contributed by atoms with Crippen LogP contribution in [0.2, 0.25) is 0 Å². The molecule has 10 nitrogen and oxygen atoms in total. The largest absolute Gasteiger partial charge is 0.370 e. The van der Waals surface area contributed by atoms with Crippen molar-refractivity contribution >= 4 is 23.4 Å². The summed E-state index contributed by atoms with van der Waals surface area (Å²) in [5, 5.41) is 19.2. The molecular weight excluding hydrogens is 502 g/mol. The number of hydrogen-bond acceptors (Lipinski definition) is 9. The van der Waals surface area contributed by atoms with E-state index in [1.54, 1.807) is 12.4 Å². The average Bonchev–Trinajstić information content (AvgIpc) is 3.00. The molecule has 5 aliphatic rings. The smallest absolute Gasteiger partial charge is 0.234 e. The lowest BCUT2D eigenvalue weighted by atomic mass is 10.1. The predicted molar refractivity (Wildman–Crippen MR) is 160 cm³/mol. The monoisotopic (exact) mass is 543 g/mol. The van der Waals surface area contributed by atoms with Gasteiger partial charge in [-0.3, -0.25) is 14.6 Å². The Balaban J connectivity index is 0.00000106. The van der Waals surface area contributed by atoms with E-state index in [-0.39, 0.29) is 5.91 Å². The molecule has 8 bridgehead atoms. The van der Waals surface area contributed by atoms with Crippen molar-refractivity contribution in [1.29, 1.82) is 5.26 Å². The second-order valence-electron chi connectivity index (χ2n) is 8.99. The average molecular weight is 544 g/mol. The van der Waals surface area contributed by atoms with E-state index in [1.807, 2.05) is 64.1 Å². The Kier molecular flexibility index (Phi) is 12.3. The molecule has 7 heterocycles. The van der Waals surface area contributed by atoms with Gasteiger partial charge in [0.05, 0.1) is 23.9 Å². The van der Waals surface area contributed by atoms with Crippen molar-refractivity contribution in [3.8, 4) is 17.3 Å². The van der Waals surface area contributed by atoms with Crippen LogP contribution in [0.5, 0.6) is 0 Å². The molecule has 212 valence electrons. The molecule has 5 aliphatic heterocycles. The van der Waals surface area contributed by atoms with Crippen LogP contribution in [0.1, 0.15) is 45.2 Å². The Morgan fingerprint density at radius 2 is 1.60 bits per heavy atom. The molecule has 0 spiro atoms. The van der Waals surface area contributed by atoms with Gasteiger partial charge in [-0.15, -0.1) is 0 Å². The molecule has 1 saturated heterocycles. The van der Waals surface area contributed by atoms with Crippen LogP contribution in [0.15, 0.2) is 48.8 Å². The summed E-state index contributed by atoms with van der Waals surface area (Å²) in [4.78, 5) is 30.4. The number of hydrogen-bond donors (Lipinski definition) is 3. The van der Waals surface area contributed by atoms with Crippen LogP contribution in [0, 0.1) is 11.3 Å². The lowest BCUT2D eigenvalue weighted by molar-refractivity contribution is -0.122. The van der Waals surface area contributed by atoms with E-state index in [2.05, 4.69) is 46.8 Å². The number of carbonyl (C=O) groups is 1. The predicted octanol–water partition coefficient (Wildman–Crippen LogP) is 4.26. The van der Waals surface area contributed by atoms with Gasteiger partial charge in [0.2, 0.25) is 11.9 Å². The van der Waals surface area contributed by atoms with Crippen molar-refractivity contribution in [2.45, 2.75) is 40.7 Å². The Hall–Kier alpha value is -4.07. The summed E-state index contributed by atoms with van der Waals surface area (Å²) >= 11 is 0. The zero-order valence-electron chi connectivity index (χ0n) is 24.1. The first-order valence-electron chi connectivity index (χ1n) is 14.2. The van der Waals surface area contributed by atoms with Gasteiger partial charge in [0.15, 0.2) is 0 Å². The third-order valence-electron chi connectivity index (χ3n) is 6.40. The van der Waals surface area contributed by atoms with Crippen molar-refractivity contribution < 1.29 is 4.79 Å². The summed E-state index contributed by atoms with van der Waals surface area (Å²) in [5.41, 5.74) is 4.08. The number of nitriles is 1. The number of anilines is 3. The molecule has 0 saturated carbocycles. The number of rotatable bonds is 0. The number of piperazine rings is 1. The molecular formula is C30H41N9O. The minimum absolute atomic E-state index is 0.0534. The molecule has 0 atom stereocenters. The Bertz CT molecular complexity index is 1250. The standard InChI is InChI=1S/C26H29N9O.2C2H6/c27-15-19-2-4-22-14-21(19)17-34-10-12-35(13-11-34)18-25(36)29-8-1-7-28-24-5-3-20(16-31-24)23-6-9-30-26(32-22)33-23;2*1-2/h2-6,9,14,16H,1,7-8,10-13,17-18H2,(H,28,31)(H,29,36)(H,30,32,33);2*1-2H3. The molecule has 1 fully saturated rings. The highest BCUT2D eigenvalue weighted by Crippen LogP contribution is 2.23. The molecule has 1 aromatic carbocycles. The van der Waals surface area contributed by atoms with Gasteiger partial charge in [-0.25, -0.2) is 15.0 Å². The van der Waals surface area contributed by atoms with Crippen LogP contribution in [-0.2, 0) is 11.3 Å². The molecule has 8 rings (SSSR count). The topological polar surface area (TPSA) is 122 Å². The van der Waals surface area contributed by atoms with Gasteiger partial charge in [0.25, 0.3) is 0 Å². The van der Waals surface area contributed by atoms with Crippen molar-refractivity contribution in [2.24, 2.45) is 0 Å². The highest BCUT2D eigenvalue weighted by Gasteiger charge is 2.20. The maximum Gasteiger partial charge on any atom is 0.234 e. The summed E-state index contributed by atoms with van der Waals surface area (Å²) in [5.74, 6) is 1.31. The van der Waals surface area contributed by atoms with E-state index in [4.69, 9.17) is 0 Å². The van der Waals surface area contributed by atoms with Gasteiger partial charge in [-0.2, -0.15) is 5.26 Å². The third-order valence-corrected chi connectivity index (χ3v) is 6.40. The first-order valence-corrected chi connectivity index (χ1v) is 14.2. The molecule has 40 heavy (non-hydrogen) atoms. The maximum atomic E-state index is 12.4. The minimum atomic E-state index is 0.0534. The Labute approximate surface area is 237 Å². The number of pyridine rings is 1. The second kappa shape index (κ2) is 16.1. The quantitative estimate of drug-likeness (QED) is 0.382. The van der Waals surface area contributed by atoms with E-state index in [1.165, 1.54) is 0 Å². The highest BCUT2D eigenvalue weighted by atomic mass is 16.2. The van der Waals surface area contributed by atoms with Crippen LogP contribution in [0.3, 0.4) is 0 Å². The highest BCUT2D eigenvalue weighted by molar-refractivity contribution is 5.78. The summed E-state index contributed by atoms with van der Waals surface area (Å²) < 4.78 is 0. The molecule has 3 N–H and O–H groups in total. The number of benzene rings is 1. The minimum Gasteiger partial charge on any atom is -0.370 e. The second-order valence-corrected chi connectivity index (χ2v) is 8.99. The van der Waals surface area contributed by atoms with E-state index in [0.717, 1.165) is 67.5 Å². The zero-order chi connectivity index (χ0) is 28.7. The molecule has 3 aromatic rings. The Morgan fingerprint density at radius 3 is 2.30 bits per heavy atom. The van der Waals surface area contributed by atoms with Crippen molar-refractivity contribution in [3.05, 3.63) is 59.9 Å². The van der Waals surface area contributed by atoms with Gasteiger partial charge < -0.3 is 16.0 Å². The van der Waals surface area contributed by atoms with Crippen LogP contribution < -0.4 is 16.0 Å². The summed E-state index contributed by atoms with van der Waals surface area (Å²) in [6.07, 6.45) is 4.31. The number of aromatic nitrogens is 3. The Morgan fingerprint density at radius 1 is 0.875 bits per heavy atom. The van der Waals surface area contributed by atoms with E-state index in [9.17, 15) is 10.1 Å². The first kappa shape index (κ1) is 30.5. The lowest BCUT2D eigenvalue weighted by Gasteiger charge is -2.34. The van der Waals surface area contributed by atoms with Crippen molar-refractivity contribution in [3.63, 3.8) is 0 Å². The summed E-state index contributed by atoms with van der Waals surface area (Å²) in [6.45, 7) is 13.7.